The van der Waals surface area contributed by atoms with Crippen LogP contribution in [0.25, 0.3) is 0 Å². The van der Waals surface area contributed by atoms with E-state index in [4.69, 9.17) is 18.9 Å². The normalized spacial score (nSPS) is 12.8. The van der Waals surface area contributed by atoms with Crippen molar-refractivity contribution >= 4 is 35.3 Å². The van der Waals surface area contributed by atoms with Crippen LogP contribution in [0.5, 0.6) is 17.2 Å². The second-order valence-electron chi connectivity index (χ2n) is 7.31. The molecule has 4 rings (SSSR count). The van der Waals surface area contributed by atoms with Crippen LogP contribution in [0.3, 0.4) is 0 Å². The third-order valence-electron chi connectivity index (χ3n) is 5.35. The van der Waals surface area contributed by atoms with Gasteiger partial charge in [0, 0.05) is 23.8 Å². The van der Waals surface area contributed by atoms with E-state index >= 15 is 0 Å². The van der Waals surface area contributed by atoms with E-state index in [1.54, 1.807) is 66.9 Å². The summed E-state index contributed by atoms with van der Waals surface area (Å²) in [5, 5.41) is 0. The lowest BCUT2D eigenvalue weighted by atomic mass is 10.1. The average molecular weight is 481 g/mol. The summed E-state index contributed by atoms with van der Waals surface area (Å²) in [6, 6.07) is 17.7. The largest absolute Gasteiger partial charge is 0.497 e. The number of fused-ring (bicyclic) bond motifs is 1. The van der Waals surface area contributed by atoms with Crippen molar-refractivity contribution in [2.45, 2.75) is 11.4 Å². The van der Waals surface area contributed by atoms with E-state index in [0.29, 0.717) is 34.1 Å². The number of hydrogen-bond acceptors (Lipinski definition) is 7. The van der Waals surface area contributed by atoms with E-state index in [9.17, 15) is 9.59 Å². The van der Waals surface area contributed by atoms with Crippen LogP contribution in [0.4, 0.5) is 16.2 Å². The van der Waals surface area contributed by atoms with Crippen LogP contribution in [0, 0.1) is 0 Å². The van der Waals surface area contributed by atoms with Crippen molar-refractivity contribution in [3.63, 3.8) is 0 Å². The summed E-state index contributed by atoms with van der Waals surface area (Å²) in [4.78, 5) is 28.4. The van der Waals surface area contributed by atoms with E-state index in [0.717, 1.165) is 10.6 Å². The maximum Gasteiger partial charge on any atom is 0.339 e. The minimum Gasteiger partial charge on any atom is -0.497 e. The lowest BCUT2D eigenvalue weighted by Crippen LogP contribution is -2.43. The van der Waals surface area contributed by atoms with E-state index in [1.807, 2.05) is 24.3 Å². The van der Waals surface area contributed by atoms with Crippen LogP contribution in [0.1, 0.15) is 15.9 Å². The maximum atomic E-state index is 13.8. The molecule has 0 fully saturated rings. The molecular formula is C25H24N2O6S. The first-order valence-electron chi connectivity index (χ1n) is 10.4. The smallest absolute Gasteiger partial charge is 0.339 e. The Balaban J connectivity index is 1.77. The maximum absolute atomic E-state index is 13.8. The number of urea groups is 1. The SMILES string of the molecule is COC(=O)c1ccc(OC)c(CN2C(=O)N(c3cc(OC)cc(OC)c3)Sc3ccccc32)c1. The first-order valence-corrected chi connectivity index (χ1v) is 11.1. The molecule has 0 aromatic heterocycles. The number of benzene rings is 3. The third kappa shape index (κ3) is 4.47. The fourth-order valence-electron chi connectivity index (χ4n) is 3.65. The Labute approximate surface area is 202 Å². The Kier molecular flexibility index (Phi) is 6.83. The summed E-state index contributed by atoms with van der Waals surface area (Å²) < 4.78 is 22.7. The van der Waals surface area contributed by atoms with Crippen LogP contribution >= 0.6 is 11.9 Å². The van der Waals surface area contributed by atoms with Crippen LogP contribution in [0.15, 0.2) is 65.6 Å². The van der Waals surface area contributed by atoms with Crippen molar-refractivity contribution in [3.8, 4) is 17.2 Å². The molecule has 3 aromatic carbocycles. The van der Waals surface area contributed by atoms with Gasteiger partial charge in [-0.3, -0.25) is 4.90 Å². The molecule has 0 bridgehead atoms. The zero-order valence-corrected chi connectivity index (χ0v) is 20.0. The summed E-state index contributed by atoms with van der Waals surface area (Å²) in [5.41, 5.74) is 2.42. The molecule has 0 N–H and O–H groups in total. The number of rotatable bonds is 7. The Hall–Kier alpha value is -3.85. The number of para-hydroxylation sites is 1. The number of carbonyl (C=O) groups is 2. The summed E-state index contributed by atoms with van der Waals surface area (Å²) in [5.74, 6) is 1.24. The van der Waals surface area contributed by atoms with Gasteiger partial charge in [-0.1, -0.05) is 12.1 Å². The fraction of sp³-hybridized carbons (Fsp3) is 0.200. The summed E-state index contributed by atoms with van der Waals surface area (Å²) in [6.07, 6.45) is 0. The molecule has 1 aliphatic heterocycles. The second kappa shape index (κ2) is 9.96. The van der Waals surface area contributed by atoms with Gasteiger partial charge in [0.1, 0.15) is 17.2 Å². The average Bonchev–Trinajstić information content (AvgIpc) is 2.89. The minimum atomic E-state index is -0.463. The third-order valence-corrected chi connectivity index (χ3v) is 6.44. The summed E-state index contributed by atoms with van der Waals surface area (Å²) >= 11 is 1.32. The molecule has 0 unspecified atom stereocenters. The van der Waals surface area contributed by atoms with Crippen LogP contribution in [-0.4, -0.2) is 40.4 Å². The fourth-order valence-corrected chi connectivity index (χ4v) is 4.65. The lowest BCUT2D eigenvalue weighted by molar-refractivity contribution is 0.0600. The van der Waals surface area contributed by atoms with Crippen LogP contribution in [0.2, 0.25) is 0 Å². The van der Waals surface area contributed by atoms with Crippen molar-refractivity contribution in [1.82, 2.24) is 0 Å². The molecular weight excluding hydrogens is 456 g/mol. The topological polar surface area (TPSA) is 77.5 Å². The number of carbonyl (C=O) groups excluding carboxylic acids is 2. The van der Waals surface area contributed by atoms with Gasteiger partial charge in [-0.05, 0) is 42.3 Å². The highest BCUT2D eigenvalue weighted by atomic mass is 32.2. The Morgan fingerprint density at radius 1 is 0.882 bits per heavy atom. The van der Waals surface area contributed by atoms with Crippen molar-refractivity contribution in [2.24, 2.45) is 0 Å². The molecule has 1 aliphatic rings. The standard InChI is InChI=1S/C25H24N2O6S/c1-30-19-12-18(13-20(14-19)31-2)27-25(29)26(21-7-5-6-8-23(21)34-27)15-17-11-16(24(28)33-4)9-10-22(17)32-3/h5-14H,15H2,1-4H3. The van der Waals surface area contributed by atoms with Crippen molar-refractivity contribution in [3.05, 3.63) is 71.8 Å². The van der Waals surface area contributed by atoms with Gasteiger partial charge in [-0.15, -0.1) is 0 Å². The van der Waals surface area contributed by atoms with Gasteiger partial charge in [0.25, 0.3) is 0 Å². The molecule has 1 heterocycles. The molecule has 8 nitrogen and oxygen atoms in total. The number of methoxy groups -OCH3 is 4. The number of nitrogens with zero attached hydrogens (tertiary/aromatic N) is 2. The molecule has 0 aliphatic carbocycles. The predicted molar refractivity (Wildman–Crippen MR) is 130 cm³/mol. The van der Waals surface area contributed by atoms with Crippen molar-refractivity contribution < 1.29 is 28.5 Å². The molecule has 2 amide bonds. The highest BCUT2D eigenvalue weighted by molar-refractivity contribution is 8.01. The van der Waals surface area contributed by atoms with Gasteiger partial charge in [0.2, 0.25) is 0 Å². The van der Waals surface area contributed by atoms with E-state index in [-0.39, 0.29) is 12.6 Å². The zero-order valence-electron chi connectivity index (χ0n) is 19.2. The quantitative estimate of drug-likeness (QED) is 0.342. The highest BCUT2D eigenvalue weighted by Gasteiger charge is 2.33. The van der Waals surface area contributed by atoms with Crippen molar-refractivity contribution in [2.75, 3.05) is 37.6 Å². The molecule has 0 spiro atoms. The molecule has 0 radical (unpaired) electrons. The molecule has 0 saturated carbocycles. The highest BCUT2D eigenvalue weighted by Crippen LogP contribution is 2.44. The number of amides is 2. The van der Waals surface area contributed by atoms with Crippen LogP contribution < -0.4 is 23.4 Å². The number of ether oxygens (including phenoxy) is 4. The van der Waals surface area contributed by atoms with E-state index in [2.05, 4.69) is 0 Å². The predicted octanol–water partition coefficient (Wildman–Crippen LogP) is 5.15. The molecule has 3 aromatic rings. The zero-order chi connectivity index (χ0) is 24.2. The molecule has 0 atom stereocenters. The number of hydrogen-bond donors (Lipinski definition) is 0. The van der Waals surface area contributed by atoms with Gasteiger partial charge in [0.15, 0.2) is 0 Å². The Morgan fingerprint density at radius 2 is 1.59 bits per heavy atom. The number of esters is 1. The summed E-state index contributed by atoms with van der Waals surface area (Å²) in [7, 11) is 6.00. The van der Waals surface area contributed by atoms with E-state index in [1.165, 1.54) is 19.1 Å². The lowest BCUT2D eigenvalue weighted by Gasteiger charge is -2.36. The molecule has 34 heavy (non-hydrogen) atoms. The number of anilines is 2. The van der Waals surface area contributed by atoms with Crippen molar-refractivity contribution in [1.29, 1.82) is 0 Å². The molecule has 9 heteroatoms. The van der Waals surface area contributed by atoms with Gasteiger partial charge < -0.3 is 18.9 Å². The first-order chi connectivity index (χ1) is 16.5. The Morgan fingerprint density at radius 3 is 2.24 bits per heavy atom. The molecule has 176 valence electrons. The van der Waals surface area contributed by atoms with Gasteiger partial charge in [-0.2, -0.15) is 0 Å². The van der Waals surface area contributed by atoms with Gasteiger partial charge in [0.05, 0.1) is 56.8 Å². The first kappa shape index (κ1) is 23.3. The monoisotopic (exact) mass is 480 g/mol. The molecule has 0 saturated heterocycles. The second-order valence-corrected chi connectivity index (χ2v) is 8.30. The van der Waals surface area contributed by atoms with Gasteiger partial charge >= 0.3 is 12.0 Å². The van der Waals surface area contributed by atoms with E-state index < -0.39 is 5.97 Å². The Bertz CT molecular complexity index is 1210. The van der Waals surface area contributed by atoms with Crippen LogP contribution in [-0.2, 0) is 11.3 Å². The van der Waals surface area contributed by atoms with Gasteiger partial charge in [-0.25, -0.2) is 13.9 Å². The minimum absolute atomic E-state index is 0.183. The summed E-state index contributed by atoms with van der Waals surface area (Å²) in [6.45, 7) is 0.183.